The molecule has 1 aromatic carbocycles. The highest BCUT2D eigenvalue weighted by molar-refractivity contribution is 9.10. The summed E-state index contributed by atoms with van der Waals surface area (Å²) >= 11 is 3.24. The first-order chi connectivity index (χ1) is 7.66. The average molecular weight is 286 g/mol. The van der Waals surface area contributed by atoms with Crippen LogP contribution in [0.4, 0.5) is 0 Å². The lowest BCUT2D eigenvalue weighted by Gasteiger charge is -2.22. The van der Waals surface area contributed by atoms with E-state index in [9.17, 15) is 10.2 Å². The maximum absolute atomic E-state index is 9.51. The Morgan fingerprint density at radius 3 is 2.81 bits per heavy atom. The van der Waals surface area contributed by atoms with E-state index in [2.05, 4.69) is 21.2 Å². The number of hydrogen-bond donors (Lipinski definition) is 3. The average Bonchev–Trinajstić information content (AvgIpc) is 2.27. The fourth-order valence-corrected chi connectivity index (χ4v) is 2.69. The summed E-state index contributed by atoms with van der Waals surface area (Å²) in [4.78, 5) is 0. The normalized spacial score (nSPS) is 20.9. The number of phenolic OH excluding ortho intramolecular Hbond substituents is 2. The van der Waals surface area contributed by atoms with Crippen molar-refractivity contribution in [1.29, 1.82) is 0 Å². The van der Waals surface area contributed by atoms with E-state index in [0.29, 0.717) is 10.4 Å². The van der Waals surface area contributed by atoms with Gasteiger partial charge in [-0.3, -0.25) is 0 Å². The molecule has 0 aromatic heterocycles. The van der Waals surface area contributed by atoms with Crippen LogP contribution in [0.15, 0.2) is 16.6 Å². The van der Waals surface area contributed by atoms with Crippen LogP contribution in [0.25, 0.3) is 0 Å². The molecular formula is C12H16BrNO2. The van der Waals surface area contributed by atoms with Gasteiger partial charge in [-0.25, -0.2) is 0 Å². The maximum Gasteiger partial charge on any atom is 0.171 e. The van der Waals surface area contributed by atoms with Gasteiger partial charge in [0.25, 0.3) is 0 Å². The third kappa shape index (κ3) is 2.68. The molecule has 1 aromatic rings. The Bertz CT molecular complexity index is 352. The minimum atomic E-state index is -0.0782. The summed E-state index contributed by atoms with van der Waals surface area (Å²) in [5, 5.41) is 22.3. The molecule has 1 aliphatic rings. The van der Waals surface area contributed by atoms with E-state index in [0.717, 1.165) is 25.1 Å². The smallest absolute Gasteiger partial charge is 0.171 e. The monoisotopic (exact) mass is 285 g/mol. The SMILES string of the molecule is Oc1cc(CC2CCCNC2)cc(Br)c1O. The van der Waals surface area contributed by atoms with Gasteiger partial charge in [-0.15, -0.1) is 0 Å². The molecule has 16 heavy (non-hydrogen) atoms. The Labute approximate surface area is 104 Å². The molecule has 1 unspecified atom stereocenters. The third-order valence-corrected chi connectivity index (χ3v) is 3.63. The van der Waals surface area contributed by atoms with Crippen LogP contribution in [-0.2, 0) is 6.42 Å². The lowest BCUT2D eigenvalue weighted by molar-refractivity contribution is 0.373. The fraction of sp³-hybridized carbons (Fsp3) is 0.500. The predicted molar refractivity (Wildman–Crippen MR) is 66.8 cm³/mol. The van der Waals surface area contributed by atoms with Crippen molar-refractivity contribution in [3.05, 3.63) is 22.2 Å². The van der Waals surface area contributed by atoms with Crippen LogP contribution >= 0.6 is 15.9 Å². The molecule has 1 saturated heterocycles. The van der Waals surface area contributed by atoms with Crippen LogP contribution in [0.2, 0.25) is 0 Å². The molecule has 4 heteroatoms. The highest BCUT2D eigenvalue weighted by atomic mass is 79.9. The molecule has 1 atom stereocenters. The van der Waals surface area contributed by atoms with E-state index >= 15 is 0 Å². The van der Waals surface area contributed by atoms with Crippen molar-refractivity contribution >= 4 is 15.9 Å². The summed E-state index contributed by atoms with van der Waals surface area (Å²) < 4.78 is 0.561. The maximum atomic E-state index is 9.51. The molecule has 3 N–H and O–H groups in total. The molecule has 1 aliphatic heterocycles. The van der Waals surface area contributed by atoms with Crippen molar-refractivity contribution < 1.29 is 10.2 Å². The molecule has 0 amide bonds. The molecule has 0 aliphatic carbocycles. The number of benzene rings is 1. The molecule has 0 radical (unpaired) electrons. The van der Waals surface area contributed by atoms with Crippen molar-refractivity contribution in [1.82, 2.24) is 5.32 Å². The van der Waals surface area contributed by atoms with Crippen LogP contribution < -0.4 is 5.32 Å². The zero-order valence-electron chi connectivity index (χ0n) is 9.04. The topological polar surface area (TPSA) is 52.5 Å². The van der Waals surface area contributed by atoms with Crippen LogP contribution in [0, 0.1) is 5.92 Å². The summed E-state index contributed by atoms with van der Waals surface area (Å²) in [5.74, 6) is 0.503. The van der Waals surface area contributed by atoms with Crippen molar-refractivity contribution in [3.8, 4) is 11.5 Å². The van der Waals surface area contributed by atoms with Crippen LogP contribution in [0.5, 0.6) is 11.5 Å². The number of piperidine rings is 1. The molecule has 0 spiro atoms. The second-order valence-electron chi connectivity index (χ2n) is 4.36. The number of hydrogen-bond acceptors (Lipinski definition) is 3. The lowest BCUT2D eigenvalue weighted by atomic mass is 9.92. The Morgan fingerprint density at radius 1 is 1.38 bits per heavy atom. The molecule has 1 fully saturated rings. The van der Waals surface area contributed by atoms with Gasteiger partial charge in [-0.1, -0.05) is 0 Å². The van der Waals surface area contributed by atoms with Gasteiger partial charge < -0.3 is 15.5 Å². The molecule has 2 rings (SSSR count). The lowest BCUT2D eigenvalue weighted by Crippen LogP contribution is -2.30. The zero-order chi connectivity index (χ0) is 11.5. The second-order valence-corrected chi connectivity index (χ2v) is 5.22. The number of nitrogens with one attached hydrogen (secondary N) is 1. The van der Waals surface area contributed by atoms with E-state index in [1.807, 2.05) is 6.07 Å². The van der Waals surface area contributed by atoms with Gasteiger partial charge in [0.15, 0.2) is 11.5 Å². The summed E-state index contributed by atoms with van der Waals surface area (Å²) in [5.41, 5.74) is 1.07. The Balaban J connectivity index is 2.09. The summed E-state index contributed by atoms with van der Waals surface area (Å²) in [6.07, 6.45) is 3.39. The quantitative estimate of drug-likeness (QED) is 0.732. The van der Waals surface area contributed by atoms with Gasteiger partial charge in [0.05, 0.1) is 4.47 Å². The Kier molecular flexibility index (Phi) is 3.71. The molecular weight excluding hydrogens is 270 g/mol. The van der Waals surface area contributed by atoms with Gasteiger partial charge in [0.2, 0.25) is 0 Å². The number of aromatic hydroxyl groups is 2. The van der Waals surface area contributed by atoms with Gasteiger partial charge in [0.1, 0.15) is 0 Å². The minimum absolute atomic E-state index is 0.0480. The number of rotatable bonds is 2. The van der Waals surface area contributed by atoms with Crippen molar-refractivity contribution in [2.75, 3.05) is 13.1 Å². The van der Waals surface area contributed by atoms with Gasteiger partial charge in [0, 0.05) is 0 Å². The van der Waals surface area contributed by atoms with Crippen molar-refractivity contribution in [2.45, 2.75) is 19.3 Å². The number of halogens is 1. The van der Waals surface area contributed by atoms with Crippen molar-refractivity contribution in [3.63, 3.8) is 0 Å². The van der Waals surface area contributed by atoms with E-state index in [1.54, 1.807) is 6.07 Å². The van der Waals surface area contributed by atoms with Crippen molar-refractivity contribution in [2.24, 2.45) is 5.92 Å². The summed E-state index contributed by atoms with van der Waals surface area (Å²) in [7, 11) is 0. The first kappa shape index (κ1) is 11.7. The largest absolute Gasteiger partial charge is 0.504 e. The first-order valence-electron chi connectivity index (χ1n) is 5.58. The minimum Gasteiger partial charge on any atom is -0.504 e. The highest BCUT2D eigenvalue weighted by Crippen LogP contribution is 2.35. The highest BCUT2D eigenvalue weighted by Gasteiger charge is 2.15. The standard InChI is InChI=1S/C12H16BrNO2/c13-10-5-9(6-11(15)12(10)16)4-8-2-1-3-14-7-8/h5-6,8,14-16H,1-4,7H2. The Morgan fingerprint density at radius 2 is 2.19 bits per heavy atom. The molecule has 3 nitrogen and oxygen atoms in total. The molecule has 0 saturated carbocycles. The number of phenols is 2. The van der Waals surface area contributed by atoms with Crippen LogP contribution in [-0.4, -0.2) is 23.3 Å². The van der Waals surface area contributed by atoms with Crippen LogP contribution in [0.1, 0.15) is 18.4 Å². The van der Waals surface area contributed by atoms with E-state index < -0.39 is 0 Å². The van der Waals surface area contributed by atoms with Gasteiger partial charge in [-0.05, 0) is 71.9 Å². The van der Waals surface area contributed by atoms with E-state index in [-0.39, 0.29) is 11.5 Å². The summed E-state index contributed by atoms with van der Waals surface area (Å²) in [6, 6.07) is 3.53. The first-order valence-corrected chi connectivity index (χ1v) is 6.37. The summed E-state index contributed by atoms with van der Waals surface area (Å²) in [6.45, 7) is 2.15. The third-order valence-electron chi connectivity index (χ3n) is 3.03. The molecule has 0 bridgehead atoms. The van der Waals surface area contributed by atoms with E-state index in [1.165, 1.54) is 12.8 Å². The molecule has 88 valence electrons. The predicted octanol–water partition coefficient (Wildman–Crippen LogP) is 2.40. The van der Waals surface area contributed by atoms with Gasteiger partial charge >= 0.3 is 0 Å². The Hall–Kier alpha value is -0.740. The van der Waals surface area contributed by atoms with Crippen LogP contribution in [0.3, 0.4) is 0 Å². The van der Waals surface area contributed by atoms with Gasteiger partial charge in [-0.2, -0.15) is 0 Å². The zero-order valence-corrected chi connectivity index (χ0v) is 10.6. The molecule has 1 heterocycles. The van der Waals surface area contributed by atoms with E-state index in [4.69, 9.17) is 0 Å². The second kappa shape index (κ2) is 5.06. The fourth-order valence-electron chi connectivity index (χ4n) is 2.19.